The first-order chi connectivity index (χ1) is 11.0. The molecule has 0 aromatic heterocycles. The van der Waals surface area contributed by atoms with Crippen molar-refractivity contribution >= 4 is 18.4 Å². The molecule has 1 heterocycles. The number of alkyl halides is 3. The van der Waals surface area contributed by atoms with Crippen LogP contribution in [0, 0.1) is 0 Å². The molecule has 1 aliphatic heterocycles. The van der Waals surface area contributed by atoms with Gasteiger partial charge in [0.15, 0.2) is 0 Å². The Morgan fingerprint density at radius 2 is 1.57 bits per heavy atom. The number of epoxide rings is 1. The summed E-state index contributed by atoms with van der Waals surface area (Å²) in [6.45, 7) is 0.643. The highest BCUT2D eigenvalue weighted by atomic mass is 19.4. The predicted octanol–water partition coefficient (Wildman–Crippen LogP) is 4.76. The third-order valence-corrected chi connectivity index (χ3v) is 3.55. The second-order valence-corrected chi connectivity index (χ2v) is 5.33. The van der Waals surface area contributed by atoms with Gasteiger partial charge in [0.1, 0.15) is 12.4 Å². The van der Waals surface area contributed by atoms with Crippen LogP contribution in [-0.2, 0) is 10.9 Å². The summed E-state index contributed by atoms with van der Waals surface area (Å²) in [5.74, 6) is 0. The molecule has 2 aromatic rings. The van der Waals surface area contributed by atoms with Crippen LogP contribution in [0.1, 0.15) is 38.7 Å². The maximum atomic E-state index is 12.5. The molecule has 0 aliphatic carbocycles. The van der Waals surface area contributed by atoms with Gasteiger partial charge in [0.25, 0.3) is 0 Å². The predicted molar refractivity (Wildman–Crippen MR) is 80.9 cm³/mol. The van der Waals surface area contributed by atoms with E-state index in [4.69, 9.17) is 4.74 Å². The van der Waals surface area contributed by atoms with E-state index in [2.05, 4.69) is 0 Å². The average molecular weight is 318 g/mol. The summed E-state index contributed by atoms with van der Waals surface area (Å²) in [7, 11) is 0. The van der Waals surface area contributed by atoms with E-state index in [0.29, 0.717) is 17.7 Å². The first-order valence-electron chi connectivity index (χ1n) is 7.03. The zero-order valence-electron chi connectivity index (χ0n) is 12.0. The Balaban J connectivity index is 1.82. The molecule has 1 aliphatic rings. The Kier molecular flexibility index (Phi) is 4.05. The molecule has 0 amide bonds. The second-order valence-electron chi connectivity index (χ2n) is 5.33. The molecule has 1 fully saturated rings. The molecule has 2 aromatic carbocycles. The van der Waals surface area contributed by atoms with Gasteiger partial charge in [-0.25, -0.2) is 0 Å². The van der Waals surface area contributed by atoms with Crippen molar-refractivity contribution in [3.63, 3.8) is 0 Å². The number of hydrogen-bond acceptors (Lipinski definition) is 2. The van der Waals surface area contributed by atoms with Gasteiger partial charge in [-0.3, -0.25) is 4.79 Å². The summed E-state index contributed by atoms with van der Waals surface area (Å²) < 4.78 is 42.8. The third kappa shape index (κ3) is 3.87. The highest BCUT2D eigenvalue weighted by Gasteiger charge is 2.29. The van der Waals surface area contributed by atoms with Crippen molar-refractivity contribution in [3.05, 3.63) is 70.3 Å². The van der Waals surface area contributed by atoms with Crippen molar-refractivity contribution in [2.45, 2.75) is 12.3 Å². The minimum atomic E-state index is -4.33. The normalized spacial score (nSPS) is 17.4. The van der Waals surface area contributed by atoms with Crippen LogP contribution in [0.4, 0.5) is 13.2 Å². The van der Waals surface area contributed by atoms with Crippen molar-refractivity contribution < 1.29 is 22.7 Å². The van der Waals surface area contributed by atoms with Crippen LogP contribution in [0.15, 0.2) is 42.5 Å². The zero-order chi connectivity index (χ0) is 16.4. The molecule has 0 unspecified atom stereocenters. The lowest BCUT2D eigenvalue weighted by Crippen LogP contribution is -2.03. The Morgan fingerprint density at radius 3 is 2.13 bits per heavy atom. The largest absolute Gasteiger partial charge is 0.416 e. The van der Waals surface area contributed by atoms with Gasteiger partial charge in [-0.2, -0.15) is 13.2 Å². The molecular formula is C18H13F3O2. The monoisotopic (exact) mass is 318 g/mol. The summed E-state index contributed by atoms with van der Waals surface area (Å²) in [5, 5.41) is 0. The lowest BCUT2D eigenvalue weighted by atomic mass is 10.0. The van der Waals surface area contributed by atoms with Crippen LogP contribution in [0.2, 0.25) is 0 Å². The molecule has 2 nitrogen and oxygen atoms in total. The van der Waals surface area contributed by atoms with Crippen molar-refractivity contribution in [2.24, 2.45) is 0 Å². The quantitative estimate of drug-likeness (QED) is 0.462. The molecule has 0 radical (unpaired) electrons. The Bertz CT molecular complexity index is 742. The molecule has 0 spiro atoms. The fourth-order valence-corrected chi connectivity index (χ4v) is 2.27. The van der Waals surface area contributed by atoms with E-state index in [1.807, 2.05) is 6.07 Å². The smallest absolute Gasteiger partial charge is 0.368 e. The molecule has 5 heteroatoms. The van der Waals surface area contributed by atoms with E-state index < -0.39 is 11.7 Å². The van der Waals surface area contributed by atoms with E-state index in [9.17, 15) is 18.0 Å². The minimum Gasteiger partial charge on any atom is -0.368 e. The van der Waals surface area contributed by atoms with Gasteiger partial charge >= 0.3 is 6.18 Å². The van der Waals surface area contributed by atoms with Crippen LogP contribution >= 0.6 is 0 Å². The van der Waals surface area contributed by atoms with Crippen LogP contribution in [0.5, 0.6) is 0 Å². The number of rotatable bonds is 4. The maximum absolute atomic E-state index is 12.5. The van der Waals surface area contributed by atoms with Crippen LogP contribution in [-0.4, -0.2) is 12.9 Å². The van der Waals surface area contributed by atoms with Gasteiger partial charge < -0.3 is 4.74 Å². The topological polar surface area (TPSA) is 29.6 Å². The highest BCUT2D eigenvalue weighted by molar-refractivity contribution is 5.79. The summed E-state index contributed by atoms with van der Waals surface area (Å²) in [4.78, 5) is 11.0. The molecule has 118 valence electrons. The Labute approximate surface area is 131 Å². The van der Waals surface area contributed by atoms with E-state index >= 15 is 0 Å². The molecule has 0 N–H and O–H groups in total. The second kappa shape index (κ2) is 6.01. The number of ether oxygens (including phenoxy) is 1. The van der Waals surface area contributed by atoms with Gasteiger partial charge in [-0.1, -0.05) is 24.3 Å². The number of aldehydes is 1. The molecule has 1 saturated heterocycles. The van der Waals surface area contributed by atoms with Gasteiger partial charge in [-0.15, -0.1) is 0 Å². The average Bonchev–Trinajstić information content (AvgIpc) is 3.37. The number of benzene rings is 2. The van der Waals surface area contributed by atoms with E-state index in [-0.39, 0.29) is 6.10 Å². The standard InChI is InChI=1S/C18H13F3O2/c19-18(20,21)16-5-3-12(4-6-16)1-2-13-7-14(10-22)9-15(8-13)17-11-23-17/h1-10,17H,11H2/b2-1+/t17-/m1/s1. The molecule has 0 bridgehead atoms. The van der Waals surface area contributed by atoms with Crippen LogP contribution < -0.4 is 0 Å². The summed E-state index contributed by atoms with van der Waals surface area (Å²) >= 11 is 0. The van der Waals surface area contributed by atoms with E-state index in [1.165, 1.54) is 12.1 Å². The number of carbonyl (C=O) groups is 1. The van der Waals surface area contributed by atoms with Crippen LogP contribution in [0.3, 0.4) is 0 Å². The summed E-state index contributed by atoms with van der Waals surface area (Å²) in [6.07, 6.45) is -0.0578. The van der Waals surface area contributed by atoms with Gasteiger partial charge in [0.2, 0.25) is 0 Å². The molecule has 0 saturated carbocycles. The van der Waals surface area contributed by atoms with Gasteiger partial charge in [0, 0.05) is 5.56 Å². The number of hydrogen-bond donors (Lipinski definition) is 0. The first-order valence-corrected chi connectivity index (χ1v) is 7.03. The molecular weight excluding hydrogens is 305 g/mol. The van der Waals surface area contributed by atoms with Crippen molar-refractivity contribution in [1.29, 1.82) is 0 Å². The van der Waals surface area contributed by atoms with Crippen molar-refractivity contribution in [1.82, 2.24) is 0 Å². The third-order valence-electron chi connectivity index (χ3n) is 3.55. The minimum absolute atomic E-state index is 0.0353. The van der Waals surface area contributed by atoms with E-state index in [0.717, 1.165) is 29.5 Å². The van der Waals surface area contributed by atoms with Crippen molar-refractivity contribution in [2.75, 3.05) is 6.61 Å². The SMILES string of the molecule is O=Cc1cc(/C=C/c2ccc(C(F)(F)F)cc2)cc([C@H]2CO2)c1. The van der Waals surface area contributed by atoms with Gasteiger partial charge in [-0.05, 0) is 47.0 Å². The number of halogens is 3. The van der Waals surface area contributed by atoms with E-state index in [1.54, 1.807) is 24.3 Å². The van der Waals surface area contributed by atoms with Crippen LogP contribution in [0.25, 0.3) is 12.2 Å². The number of carbonyl (C=O) groups excluding carboxylic acids is 1. The van der Waals surface area contributed by atoms with Gasteiger partial charge in [0.05, 0.1) is 12.2 Å². The zero-order valence-corrected chi connectivity index (χ0v) is 12.0. The fourth-order valence-electron chi connectivity index (χ4n) is 2.27. The molecule has 1 atom stereocenters. The fraction of sp³-hybridized carbons (Fsp3) is 0.167. The summed E-state index contributed by atoms with van der Waals surface area (Å²) in [5.41, 5.74) is 2.26. The molecule has 3 rings (SSSR count). The first kappa shape index (κ1) is 15.5. The highest BCUT2D eigenvalue weighted by Crippen LogP contribution is 2.31. The lowest BCUT2D eigenvalue weighted by molar-refractivity contribution is -0.137. The van der Waals surface area contributed by atoms with Crippen molar-refractivity contribution in [3.8, 4) is 0 Å². The maximum Gasteiger partial charge on any atom is 0.416 e. The Morgan fingerprint density at radius 1 is 0.957 bits per heavy atom. The summed E-state index contributed by atoms with van der Waals surface area (Å²) in [6, 6.07) is 10.3. The Hall–Kier alpha value is -2.40. The lowest BCUT2D eigenvalue weighted by Gasteiger charge is -2.06. The molecule has 23 heavy (non-hydrogen) atoms.